The molecule has 0 atom stereocenters. The summed E-state index contributed by atoms with van der Waals surface area (Å²) < 4.78 is 29.3. The van der Waals surface area contributed by atoms with Crippen LogP contribution in [0.25, 0.3) is 11.0 Å². The van der Waals surface area contributed by atoms with E-state index in [2.05, 4.69) is 55.0 Å². The van der Waals surface area contributed by atoms with Gasteiger partial charge in [0.15, 0.2) is 11.6 Å². The molecule has 164 valence electrons. The number of nitrogens with one attached hydrogen (secondary N) is 2. The Bertz CT molecular complexity index is 1320. The summed E-state index contributed by atoms with van der Waals surface area (Å²) in [5, 5.41) is 3.22. The average Bonchev–Trinajstić information content (AvgIpc) is 2.79. The summed E-state index contributed by atoms with van der Waals surface area (Å²) in [6, 6.07) is 21.8. The van der Waals surface area contributed by atoms with Gasteiger partial charge < -0.3 is 5.32 Å². The zero-order chi connectivity index (χ0) is 22.6. The maximum absolute atomic E-state index is 13.0. The Morgan fingerprint density at radius 1 is 0.844 bits per heavy atom. The first kappa shape index (κ1) is 22.2. The van der Waals surface area contributed by atoms with Crippen LogP contribution in [0.5, 0.6) is 0 Å². The highest BCUT2D eigenvalue weighted by Gasteiger charge is 2.19. The zero-order valence-corrected chi connectivity index (χ0v) is 19.9. The van der Waals surface area contributed by atoms with Gasteiger partial charge in [0.1, 0.15) is 0 Å². The second kappa shape index (κ2) is 9.67. The maximum atomic E-state index is 13.0. The molecule has 0 fully saturated rings. The van der Waals surface area contributed by atoms with E-state index in [-0.39, 0.29) is 10.7 Å². The third-order valence-corrected chi connectivity index (χ3v) is 6.84. The number of hydrogen-bond acceptors (Lipinski definition) is 5. The van der Waals surface area contributed by atoms with Crippen molar-refractivity contribution in [3.8, 4) is 0 Å². The van der Waals surface area contributed by atoms with Crippen molar-refractivity contribution >= 4 is 54.3 Å². The lowest BCUT2D eigenvalue weighted by Crippen LogP contribution is -2.16. The van der Waals surface area contributed by atoms with E-state index in [0.717, 1.165) is 29.4 Å². The number of nitrogens with zero attached hydrogens (tertiary/aromatic N) is 2. The van der Waals surface area contributed by atoms with Gasteiger partial charge in [-0.2, -0.15) is 0 Å². The molecule has 4 aromatic rings. The first-order chi connectivity index (χ1) is 15.4. The summed E-state index contributed by atoms with van der Waals surface area (Å²) in [5.41, 5.74) is 3.33. The highest BCUT2D eigenvalue weighted by molar-refractivity contribution is 9.10. The minimum atomic E-state index is -3.84. The highest BCUT2D eigenvalue weighted by Crippen LogP contribution is 2.27. The number of hydrogen-bond donors (Lipinski definition) is 2. The van der Waals surface area contributed by atoms with Crippen LogP contribution in [-0.4, -0.2) is 18.4 Å². The van der Waals surface area contributed by atoms with Gasteiger partial charge in [0, 0.05) is 10.2 Å². The molecule has 2 N–H and O–H groups in total. The number of sulfonamides is 1. The van der Waals surface area contributed by atoms with E-state index < -0.39 is 10.0 Å². The lowest BCUT2D eigenvalue weighted by molar-refractivity contribution is 0.601. The summed E-state index contributed by atoms with van der Waals surface area (Å²) in [6.07, 6.45) is 3.32. The number of para-hydroxylation sites is 2. The Morgan fingerprint density at radius 3 is 2.09 bits per heavy atom. The number of unbranched alkanes of at least 4 members (excludes halogenated alkanes) is 1. The van der Waals surface area contributed by atoms with Gasteiger partial charge in [0.25, 0.3) is 10.0 Å². The molecular formula is C24H23BrN4O2S. The van der Waals surface area contributed by atoms with Gasteiger partial charge in [-0.15, -0.1) is 0 Å². The Hall–Kier alpha value is -2.97. The van der Waals surface area contributed by atoms with Crippen molar-refractivity contribution in [2.24, 2.45) is 0 Å². The quantitative estimate of drug-likeness (QED) is 0.291. The molecule has 32 heavy (non-hydrogen) atoms. The van der Waals surface area contributed by atoms with Crippen LogP contribution < -0.4 is 10.0 Å². The molecule has 6 nitrogen and oxygen atoms in total. The monoisotopic (exact) mass is 510 g/mol. The fraction of sp³-hybridized carbons (Fsp3) is 0.167. The third kappa shape index (κ3) is 5.26. The Kier molecular flexibility index (Phi) is 6.72. The summed E-state index contributed by atoms with van der Waals surface area (Å²) in [6.45, 7) is 2.17. The standard InChI is InChI=1S/C24H23BrN4O2S/c1-2-3-6-17-9-13-19(14-10-17)26-23-24(28-22-8-5-4-7-21(22)27-23)29-32(30,31)20-15-11-18(25)12-16-20/h4-5,7-16H,2-3,6H2,1H3,(H,26,27)(H,28,29). The van der Waals surface area contributed by atoms with Gasteiger partial charge in [-0.1, -0.05) is 53.5 Å². The van der Waals surface area contributed by atoms with E-state index >= 15 is 0 Å². The first-order valence-electron chi connectivity index (χ1n) is 10.4. The number of halogens is 1. The fourth-order valence-corrected chi connectivity index (χ4v) is 4.50. The SMILES string of the molecule is CCCCc1ccc(Nc2nc3ccccc3nc2NS(=O)(=O)c2ccc(Br)cc2)cc1. The number of rotatable bonds is 8. The highest BCUT2D eigenvalue weighted by atomic mass is 79.9. The molecule has 0 amide bonds. The molecule has 0 aliphatic rings. The summed E-state index contributed by atoms with van der Waals surface area (Å²) in [5.74, 6) is 0.479. The predicted molar refractivity (Wildman–Crippen MR) is 133 cm³/mol. The number of aryl methyl sites for hydroxylation is 1. The number of anilines is 3. The van der Waals surface area contributed by atoms with E-state index in [1.165, 1.54) is 17.7 Å². The second-order valence-corrected chi connectivity index (χ2v) is 9.99. The molecule has 4 rings (SSSR count). The van der Waals surface area contributed by atoms with Crippen LogP contribution in [0.3, 0.4) is 0 Å². The van der Waals surface area contributed by atoms with Gasteiger partial charge in [-0.25, -0.2) is 18.4 Å². The molecule has 0 radical (unpaired) electrons. The van der Waals surface area contributed by atoms with Crippen molar-refractivity contribution in [2.75, 3.05) is 10.0 Å². The van der Waals surface area contributed by atoms with E-state index in [4.69, 9.17) is 0 Å². The summed E-state index contributed by atoms with van der Waals surface area (Å²) >= 11 is 3.33. The van der Waals surface area contributed by atoms with Crippen LogP contribution in [0.1, 0.15) is 25.3 Å². The summed E-state index contributed by atoms with van der Waals surface area (Å²) in [7, 11) is -3.84. The van der Waals surface area contributed by atoms with E-state index in [0.29, 0.717) is 16.9 Å². The molecule has 3 aromatic carbocycles. The normalized spacial score (nSPS) is 11.4. The van der Waals surface area contributed by atoms with E-state index in [1.807, 2.05) is 30.3 Å². The van der Waals surface area contributed by atoms with Crippen LogP contribution in [0.15, 0.2) is 82.2 Å². The van der Waals surface area contributed by atoms with Crippen LogP contribution in [0.4, 0.5) is 17.3 Å². The molecular weight excluding hydrogens is 488 g/mol. The number of aromatic nitrogens is 2. The maximum Gasteiger partial charge on any atom is 0.263 e. The van der Waals surface area contributed by atoms with E-state index in [9.17, 15) is 8.42 Å². The van der Waals surface area contributed by atoms with Gasteiger partial charge in [0.2, 0.25) is 0 Å². The Balaban J connectivity index is 1.68. The molecule has 0 spiro atoms. The molecule has 0 unspecified atom stereocenters. The van der Waals surface area contributed by atoms with Gasteiger partial charge >= 0.3 is 0 Å². The van der Waals surface area contributed by atoms with Gasteiger partial charge in [0.05, 0.1) is 15.9 Å². The zero-order valence-electron chi connectivity index (χ0n) is 17.5. The smallest absolute Gasteiger partial charge is 0.263 e. The molecule has 0 saturated carbocycles. The molecule has 1 aromatic heterocycles. The Labute approximate surface area is 196 Å². The third-order valence-electron chi connectivity index (χ3n) is 4.96. The van der Waals surface area contributed by atoms with Crippen molar-refractivity contribution in [2.45, 2.75) is 31.1 Å². The van der Waals surface area contributed by atoms with Crippen LogP contribution in [0.2, 0.25) is 0 Å². The van der Waals surface area contributed by atoms with Crippen molar-refractivity contribution in [3.05, 3.63) is 82.8 Å². The van der Waals surface area contributed by atoms with Crippen molar-refractivity contribution in [1.82, 2.24) is 9.97 Å². The minimum Gasteiger partial charge on any atom is -0.337 e. The predicted octanol–water partition coefficient (Wildman–Crippen LogP) is 6.28. The van der Waals surface area contributed by atoms with E-state index in [1.54, 1.807) is 18.2 Å². The van der Waals surface area contributed by atoms with Crippen molar-refractivity contribution in [1.29, 1.82) is 0 Å². The Morgan fingerprint density at radius 2 is 1.47 bits per heavy atom. The second-order valence-electron chi connectivity index (χ2n) is 7.39. The fourth-order valence-electron chi connectivity index (χ4n) is 3.23. The van der Waals surface area contributed by atoms with Crippen LogP contribution in [-0.2, 0) is 16.4 Å². The van der Waals surface area contributed by atoms with Crippen LogP contribution in [0, 0.1) is 0 Å². The molecule has 0 aliphatic heterocycles. The molecule has 0 bridgehead atoms. The lowest BCUT2D eigenvalue weighted by atomic mass is 10.1. The van der Waals surface area contributed by atoms with Crippen molar-refractivity contribution < 1.29 is 8.42 Å². The first-order valence-corrected chi connectivity index (χ1v) is 12.6. The molecule has 8 heteroatoms. The minimum absolute atomic E-state index is 0.140. The summed E-state index contributed by atoms with van der Waals surface area (Å²) in [4.78, 5) is 9.30. The largest absolute Gasteiger partial charge is 0.337 e. The van der Waals surface area contributed by atoms with Gasteiger partial charge in [-0.3, -0.25) is 4.72 Å². The lowest BCUT2D eigenvalue weighted by Gasteiger charge is -2.14. The van der Waals surface area contributed by atoms with Gasteiger partial charge in [-0.05, 0) is 66.9 Å². The molecule has 1 heterocycles. The molecule has 0 aliphatic carbocycles. The average molecular weight is 511 g/mol. The number of benzene rings is 3. The molecule has 0 saturated heterocycles. The van der Waals surface area contributed by atoms with Crippen molar-refractivity contribution in [3.63, 3.8) is 0 Å². The topological polar surface area (TPSA) is 84.0 Å². The number of fused-ring (bicyclic) bond motifs is 1. The van der Waals surface area contributed by atoms with Crippen LogP contribution >= 0.6 is 15.9 Å².